The van der Waals surface area contributed by atoms with Crippen LogP contribution in [0.2, 0.25) is 0 Å². The lowest BCUT2D eigenvalue weighted by molar-refractivity contribution is -0.121. The van der Waals surface area contributed by atoms with Gasteiger partial charge in [-0.3, -0.25) is 4.79 Å². The van der Waals surface area contributed by atoms with E-state index >= 15 is 0 Å². The van der Waals surface area contributed by atoms with Gasteiger partial charge in [0.1, 0.15) is 5.60 Å². The summed E-state index contributed by atoms with van der Waals surface area (Å²) in [4.78, 5) is 23.0. The van der Waals surface area contributed by atoms with Crippen LogP contribution in [0, 0.1) is 0 Å². The maximum absolute atomic E-state index is 11.6. The molecule has 0 aliphatic heterocycles. The van der Waals surface area contributed by atoms with Crippen molar-refractivity contribution in [2.45, 2.75) is 77.7 Å². The molecule has 0 fully saturated rings. The van der Waals surface area contributed by atoms with E-state index in [9.17, 15) is 9.59 Å². The zero-order chi connectivity index (χ0) is 17.6. The van der Waals surface area contributed by atoms with E-state index in [0.29, 0.717) is 19.5 Å². The molecule has 2 amide bonds. The minimum atomic E-state index is -0.501. The fraction of sp³-hybridized carbons (Fsp3) is 0.778. The second kappa shape index (κ2) is 13.0. The second-order valence-corrected chi connectivity index (χ2v) is 6.73. The van der Waals surface area contributed by atoms with E-state index in [1.165, 1.54) is 25.7 Å². The molecule has 0 rings (SSSR count). The average molecular weight is 326 g/mol. The van der Waals surface area contributed by atoms with Crippen LogP contribution >= 0.6 is 0 Å². The standard InChI is InChI=1S/C18H34N2O3/c1-5-6-7-8-9-10-11-12-13-16(21)19-14-15-20-17(22)23-18(2,3)4/h5H,1,6-15H2,2-4H3,(H,19,21)(H,20,22). The van der Waals surface area contributed by atoms with E-state index in [1.54, 1.807) is 0 Å². The molecule has 23 heavy (non-hydrogen) atoms. The Morgan fingerprint density at radius 2 is 1.52 bits per heavy atom. The molecule has 0 radical (unpaired) electrons. The Kier molecular flexibility index (Phi) is 12.1. The SMILES string of the molecule is C=CCCCCCCCCC(=O)NCCNC(=O)OC(C)(C)C. The molecule has 134 valence electrons. The molecule has 5 heteroatoms. The van der Waals surface area contributed by atoms with Gasteiger partial charge in [0, 0.05) is 19.5 Å². The lowest BCUT2D eigenvalue weighted by Gasteiger charge is -2.19. The number of hydrogen-bond acceptors (Lipinski definition) is 3. The fourth-order valence-corrected chi connectivity index (χ4v) is 2.05. The van der Waals surface area contributed by atoms with Crippen LogP contribution in [0.4, 0.5) is 4.79 Å². The molecule has 0 unspecified atom stereocenters. The molecule has 5 nitrogen and oxygen atoms in total. The van der Waals surface area contributed by atoms with Gasteiger partial charge in [-0.2, -0.15) is 0 Å². The van der Waals surface area contributed by atoms with Crippen molar-refractivity contribution in [2.24, 2.45) is 0 Å². The summed E-state index contributed by atoms with van der Waals surface area (Å²) in [5, 5.41) is 5.41. The number of allylic oxidation sites excluding steroid dienone is 1. The smallest absolute Gasteiger partial charge is 0.407 e. The monoisotopic (exact) mass is 326 g/mol. The van der Waals surface area contributed by atoms with Crippen LogP contribution in [0.1, 0.15) is 72.1 Å². The molecule has 0 aromatic rings. The van der Waals surface area contributed by atoms with Crippen LogP contribution in [-0.2, 0) is 9.53 Å². The van der Waals surface area contributed by atoms with E-state index in [2.05, 4.69) is 17.2 Å². The number of carbonyl (C=O) groups excluding carboxylic acids is 2. The van der Waals surface area contributed by atoms with E-state index in [4.69, 9.17) is 4.74 Å². The van der Waals surface area contributed by atoms with E-state index in [-0.39, 0.29) is 5.91 Å². The molecule has 0 heterocycles. The molecule has 0 atom stereocenters. The minimum Gasteiger partial charge on any atom is -0.444 e. The highest BCUT2D eigenvalue weighted by Crippen LogP contribution is 2.08. The van der Waals surface area contributed by atoms with Gasteiger partial charge in [0.15, 0.2) is 0 Å². The van der Waals surface area contributed by atoms with Crippen LogP contribution in [0.15, 0.2) is 12.7 Å². The number of rotatable bonds is 12. The van der Waals surface area contributed by atoms with Gasteiger partial charge in [-0.1, -0.05) is 31.8 Å². The van der Waals surface area contributed by atoms with Gasteiger partial charge >= 0.3 is 6.09 Å². The number of carbonyl (C=O) groups is 2. The molecule has 0 aliphatic carbocycles. The Labute approximate surface area is 141 Å². The van der Waals surface area contributed by atoms with Gasteiger partial charge in [-0.25, -0.2) is 4.79 Å². The topological polar surface area (TPSA) is 67.4 Å². The van der Waals surface area contributed by atoms with Crippen molar-refractivity contribution in [1.82, 2.24) is 10.6 Å². The maximum Gasteiger partial charge on any atom is 0.407 e. The maximum atomic E-state index is 11.6. The third-order valence-corrected chi connectivity index (χ3v) is 3.18. The van der Waals surface area contributed by atoms with Crippen molar-refractivity contribution in [3.63, 3.8) is 0 Å². The molecule has 0 saturated carbocycles. The summed E-state index contributed by atoms with van der Waals surface area (Å²) < 4.78 is 5.10. The van der Waals surface area contributed by atoms with Crippen molar-refractivity contribution < 1.29 is 14.3 Å². The number of hydrogen-bond donors (Lipinski definition) is 2. The third-order valence-electron chi connectivity index (χ3n) is 3.18. The molecule has 0 aromatic carbocycles. The molecular weight excluding hydrogens is 292 g/mol. The molecule has 0 spiro atoms. The highest BCUT2D eigenvalue weighted by Gasteiger charge is 2.15. The molecule has 0 aromatic heterocycles. The summed E-state index contributed by atoms with van der Waals surface area (Å²) in [6.45, 7) is 9.96. The van der Waals surface area contributed by atoms with Crippen LogP contribution in [0.25, 0.3) is 0 Å². The quantitative estimate of drug-likeness (QED) is 0.422. The Bertz CT molecular complexity index is 349. The van der Waals surface area contributed by atoms with Gasteiger partial charge in [-0.15, -0.1) is 6.58 Å². The highest BCUT2D eigenvalue weighted by molar-refractivity contribution is 5.75. The lowest BCUT2D eigenvalue weighted by Crippen LogP contribution is -2.37. The van der Waals surface area contributed by atoms with Crippen molar-refractivity contribution in [1.29, 1.82) is 0 Å². The Morgan fingerprint density at radius 3 is 2.13 bits per heavy atom. The largest absolute Gasteiger partial charge is 0.444 e. The van der Waals surface area contributed by atoms with Crippen molar-refractivity contribution in [3.8, 4) is 0 Å². The first-order valence-corrected chi connectivity index (χ1v) is 8.69. The van der Waals surface area contributed by atoms with Crippen LogP contribution in [-0.4, -0.2) is 30.7 Å². The van der Waals surface area contributed by atoms with Crippen LogP contribution in [0.5, 0.6) is 0 Å². The van der Waals surface area contributed by atoms with Gasteiger partial charge in [0.2, 0.25) is 5.91 Å². The molecule has 0 aliphatic rings. The summed E-state index contributed by atoms with van der Waals surface area (Å²) in [5.74, 6) is 0.0441. The number of unbranched alkanes of at least 4 members (excludes halogenated alkanes) is 6. The zero-order valence-electron chi connectivity index (χ0n) is 15.1. The number of nitrogens with one attached hydrogen (secondary N) is 2. The van der Waals surface area contributed by atoms with Crippen molar-refractivity contribution >= 4 is 12.0 Å². The number of alkyl carbamates (subject to hydrolysis) is 1. The summed E-state index contributed by atoms with van der Waals surface area (Å²) >= 11 is 0. The first-order chi connectivity index (χ1) is 10.8. The van der Waals surface area contributed by atoms with E-state index in [0.717, 1.165) is 19.3 Å². The van der Waals surface area contributed by atoms with Crippen molar-refractivity contribution in [3.05, 3.63) is 12.7 Å². The fourth-order valence-electron chi connectivity index (χ4n) is 2.05. The molecule has 2 N–H and O–H groups in total. The number of amides is 2. The van der Waals surface area contributed by atoms with Crippen molar-refractivity contribution in [2.75, 3.05) is 13.1 Å². The Balaban J connectivity index is 3.40. The average Bonchev–Trinajstić information content (AvgIpc) is 2.44. The summed E-state index contributed by atoms with van der Waals surface area (Å²) in [5.41, 5.74) is -0.501. The predicted octanol–water partition coefficient (Wildman–Crippen LogP) is 3.93. The van der Waals surface area contributed by atoms with E-state index < -0.39 is 11.7 Å². The third kappa shape index (κ3) is 16.7. The zero-order valence-corrected chi connectivity index (χ0v) is 15.1. The summed E-state index contributed by atoms with van der Waals surface area (Å²) in [7, 11) is 0. The Hall–Kier alpha value is -1.52. The van der Waals surface area contributed by atoms with E-state index in [1.807, 2.05) is 26.8 Å². The highest BCUT2D eigenvalue weighted by atomic mass is 16.6. The summed E-state index contributed by atoms with van der Waals surface area (Å²) in [6, 6.07) is 0. The first kappa shape index (κ1) is 21.5. The molecular formula is C18H34N2O3. The van der Waals surface area contributed by atoms with Gasteiger partial charge < -0.3 is 15.4 Å². The predicted molar refractivity (Wildman–Crippen MR) is 94.4 cm³/mol. The number of ether oxygens (including phenoxy) is 1. The van der Waals surface area contributed by atoms with Gasteiger partial charge in [-0.05, 0) is 40.0 Å². The van der Waals surface area contributed by atoms with Gasteiger partial charge in [0.25, 0.3) is 0 Å². The molecule has 0 bridgehead atoms. The normalized spacial score (nSPS) is 10.9. The summed E-state index contributed by atoms with van der Waals surface area (Å²) in [6.07, 6.45) is 10.1. The van der Waals surface area contributed by atoms with Crippen LogP contribution < -0.4 is 10.6 Å². The second-order valence-electron chi connectivity index (χ2n) is 6.73. The Morgan fingerprint density at radius 1 is 0.957 bits per heavy atom. The van der Waals surface area contributed by atoms with Crippen LogP contribution in [0.3, 0.4) is 0 Å². The molecule has 0 saturated heterocycles. The minimum absolute atomic E-state index is 0.0441. The first-order valence-electron chi connectivity index (χ1n) is 8.69. The lowest BCUT2D eigenvalue weighted by atomic mass is 10.1. The van der Waals surface area contributed by atoms with Gasteiger partial charge in [0.05, 0.1) is 0 Å².